The number of sulfonamides is 1. The van der Waals surface area contributed by atoms with Crippen LogP contribution in [0.15, 0.2) is 29.8 Å². The molecule has 0 radical (unpaired) electrons. The van der Waals surface area contributed by atoms with Gasteiger partial charge in [-0.25, -0.2) is 13.1 Å². The van der Waals surface area contributed by atoms with Crippen LogP contribution in [0.4, 0.5) is 0 Å². The summed E-state index contributed by atoms with van der Waals surface area (Å²) in [4.78, 5) is 11.7. The molecule has 1 saturated carbocycles. The van der Waals surface area contributed by atoms with Crippen LogP contribution in [0.2, 0.25) is 5.02 Å². The van der Waals surface area contributed by atoms with E-state index in [4.69, 9.17) is 11.6 Å². The molecular weight excluding hydrogens is 348 g/mol. The van der Waals surface area contributed by atoms with Crippen LogP contribution in [0.1, 0.15) is 44.6 Å². The minimum absolute atomic E-state index is 0.173. The minimum atomic E-state index is -3.62. The van der Waals surface area contributed by atoms with E-state index >= 15 is 0 Å². The third-order valence-corrected chi connectivity index (χ3v) is 6.71. The molecule has 24 heavy (non-hydrogen) atoms. The maximum atomic E-state index is 12.9. The van der Waals surface area contributed by atoms with Gasteiger partial charge in [-0.15, -0.1) is 0 Å². The average molecular weight is 369 g/mol. The zero-order valence-electron chi connectivity index (χ0n) is 13.6. The molecule has 1 amide bonds. The first-order chi connectivity index (χ1) is 11.3. The van der Waals surface area contributed by atoms with Gasteiger partial charge < -0.3 is 5.32 Å². The molecule has 0 atom stereocenters. The van der Waals surface area contributed by atoms with E-state index in [1.54, 1.807) is 24.3 Å². The Morgan fingerprint density at radius 3 is 2.42 bits per heavy atom. The van der Waals surface area contributed by atoms with Crippen molar-refractivity contribution in [2.24, 2.45) is 0 Å². The fourth-order valence-corrected chi connectivity index (χ4v) is 5.81. The van der Waals surface area contributed by atoms with Crippen molar-refractivity contribution in [1.82, 2.24) is 10.0 Å². The Hall–Kier alpha value is -1.37. The highest BCUT2D eigenvalue weighted by Crippen LogP contribution is 2.45. The molecule has 0 saturated heterocycles. The van der Waals surface area contributed by atoms with E-state index in [2.05, 4.69) is 10.0 Å². The smallest absolute Gasteiger partial charge is 0.242 e. The van der Waals surface area contributed by atoms with Gasteiger partial charge in [0.05, 0.1) is 10.4 Å². The lowest BCUT2D eigenvalue weighted by Crippen LogP contribution is -2.47. The van der Waals surface area contributed by atoms with Crippen molar-refractivity contribution in [3.05, 3.63) is 40.4 Å². The van der Waals surface area contributed by atoms with Crippen LogP contribution in [0, 0.1) is 0 Å². The van der Waals surface area contributed by atoms with Gasteiger partial charge in [0.1, 0.15) is 0 Å². The summed E-state index contributed by atoms with van der Waals surface area (Å²) >= 11 is 5.93. The highest BCUT2D eigenvalue weighted by molar-refractivity contribution is 7.99. The Morgan fingerprint density at radius 1 is 1.21 bits per heavy atom. The molecule has 1 aliphatic heterocycles. The Kier molecular flexibility index (Phi) is 4.73. The van der Waals surface area contributed by atoms with Gasteiger partial charge in [-0.3, -0.25) is 4.79 Å². The Labute approximate surface area is 147 Å². The van der Waals surface area contributed by atoms with E-state index in [0.717, 1.165) is 37.7 Å². The van der Waals surface area contributed by atoms with Crippen molar-refractivity contribution in [3.8, 4) is 0 Å². The Morgan fingerprint density at radius 2 is 1.83 bits per heavy atom. The van der Waals surface area contributed by atoms with Crippen molar-refractivity contribution in [2.75, 3.05) is 6.54 Å². The summed E-state index contributed by atoms with van der Waals surface area (Å²) in [6, 6.07) is 6.79. The van der Waals surface area contributed by atoms with Gasteiger partial charge in [-0.05, 0) is 36.1 Å². The number of rotatable bonds is 3. The molecule has 1 aromatic carbocycles. The quantitative estimate of drug-likeness (QED) is 0.861. The monoisotopic (exact) mass is 368 g/mol. The molecule has 1 aliphatic carbocycles. The molecule has 2 aliphatic rings. The SMILES string of the molecule is CC(=O)NCC1=C(c2ccc(Cl)cc2)S(=O)(=O)NC12CCCCC2. The van der Waals surface area contributed by atoms with Crippen LogP contribution < -0.4 is 10.0 Å². The number of halogens is 1. The molecule has 0 unspecified atom stereocenters. The Balaban J connectivity index is 2.14. The molecule has 1 spiro atoms. The van der Waals surface area contributed by atoms with E-state index in [-0.39, 0.29) is 17.4 Å². The fraction of sp³-hybridized carbons (Fsp3) is 0.471. The number of carbonyl (C=O) groups is 1. The van der Waals surface area contributed by atoms with Crippen LogP contribution in [-0.4, -0.2) is 26.4 Å². The van der Waals surface area contributed by atoms with Crippen molar-refractivity contribution >= 4 is 32.4 Å². The second kappa shape index (κ2) is 6.50. The number of carbonyl (C=O) groups excluding carboxylic acids is 1. The average Bonchev–Trinajstić information content (AvgIpc) is 2.73. The normalized spacial score (nSPS) is 21.9. The molecular formula is C17H21ClN2O3S. The third-order valence-electron chi connectivity index (χ3n) is 4.78. The number of benzene rings is 1. The van der Waals surface area contributed by atoms with Crippen LogP contribution in [-0.2, 0) is 14.8 Å². The van der Waals surface area contributed by atoms with Gasteiger partial charge in [-0.2, -0.15) is 0 Å². The van der Waals surface area contributed by atoms with Gasteiger partial charge in [0, 0.05) is 18.5 Å². The number of nitrogens with one attached hydrogen (secondary N) is 2. The summed E-state index contributed by atoms with van der Waals surface area (Å²) in [6.45, 7) is 1.67. The highest BCUT2D eigenvalue weighted by atomic mass is 35.5. The lowest BCUT2D eigenvalue weighted by Gasteiger charge is -2.35. The van der Waals surface area contributed by atoms with Crippen molar-refractivity contribution in [2.45, 2.75) is 44.6 Å². The predicted octanol–water partition coefficient (Wildman–Crippen LogP) is 2.82. The number of hydrogen-bond donors (Lipinski definition) is 2. The van der Waals surface area contributed by atoms with Gasteiger partial charge in [0.15, 0.2) is 0 Å². The van der Waals surface area contributed by atoms with Gasteiger partial charge in [-0.1, -0.05) is 43.0 Å². The summed E-state index contributed by atoms with van der Waals surface area (Å²) < 4.78 is 28.6. The summed E-state index contributed by atoms with van der Waals surface area (Å²) in [6.07, 6.45) is 4.57. The zero-order valence-corrected chi connectivity index (χ0v) is 15.1. The van der Waals surface area contributed by atoms with E-state index < -0.39 is 15.6 Å². The molecule has 0 aromatic heterocycles. The summed E-state index contributed by atoms with van der Waals surface area (Å²) in [5, 5.41) is 3.33. The first-order valence-electron chi connectivity index (χ1n) is 8.12. The minimum Gasteiger partial charge on any atom is -0.352 e. The van der Waals surface area contributed by atoms with Gasteiger partial charge >= 0.3 is 0 Å². The van der Waals surface area contributed by atoms with Crippen LogP contribution in [0.25, 0.3) is 4.91 Å². The van der Waals surface area contributed by atoms with E-state index in [9.17, 15) is 13.2 Å². The molecule has 130 valence electrons. The van der Waals surface area contributed by atoms with Crippen LogP contribution >= 0.6 is 11.6 Å². The summed E-state index contributed by atoms with van der Waals surface area (Å²) in [7, 11) is -3.62. The molecule has 1 aromatic rings. The Bertz CT molecular complexity index is 779. The van der Waals surface area contributed by atoms with Crippen molar-refractivity contribution < 1.29 is 13.2 Å². The first-order valence-corrected chi connectivity index (χ1v) is 9.98. The van der Waals surface area contributed by atoms with Crippen LogP contribution in [0.3, 0.4) is 0 Å². The maximum absolute atomic E-state index is 12.9. The van der Waals surface area contributed by atoms with Crippen molar-refractivity contribution in [1.29, 1.82) is 0 Å². The van der Waals surface area contributed by atoms with E-state index in [0.29, 0.717) is 10.6 Å². The lowest BCUT2D eigenvalue weighted by atomic mass is 9.76. The van der Waals surface area contributed by atoms with Crippen LogP contribution in [0.5, 0.6) is 0 Å². The fourth-order valence-electron chi connectivity index (χ4n) is 3.70. The number of hydrogen-bond acceptors (Lipinski definition) is 3. The molecule has 1 heterocycles. The lowest BCUT2D eigenvalue weighted by molar-refractivity contribution is -0.118. The first kappa shape index (κ1) is 17.5. The van der Waals surface area contributed by atoms with Crippen molar-refractivity contribution in [3.63, 3.8) is 0 Å². The molecule has 5 nitrogen and oxygen atoms in total. The van der Waals surface area contributed by atoms with E-state index in [1.807, 2.05) is 0 Å². The topological polar surface area (TPSA) is 75.3 Å². The molecule has 1 fully saturated rings. The van der Waals surface area contributed by atoms with E-state index in [1.165, 1.54) is 6.92 Å². The molecule has 2 N–H and O–H groups in total. The standard InChI is InChI=1S/C17H21ClN2O3S/c1-12(21)19-11-15-16(13-5-7-14(18)8-6-13)24(22,23)20-17(15)9-3-2-4-10-17/h5-8,20H,2-4,9-11H2,1H3,(H,19,21). The molecule has 3 rings (SSSR count). The molecule has 0 bridgehead atoms. The predicted molar refractivity (Wildman–Crippen MR) is 94.9 cm³/mol. The van der Waals surface area contributed by atoms with Gasteiger partial charge in [0.2, 0.25) is 15.9 Å². The molecule has 7 heteroatoms. The second-order valence-electron chi connectivity index (χ2n) is 6.47. The summed E-state index contributed by atoms with van der Waals surface area (Å²) in [5.41, 5.74) is 0.795. The maximum Gasteiger partial charge on any atom is 0.242 e. The summed E-state index contributed by atoms with van der Waals surface area (Å²) in [5.74, 6) is -0.173. The zero-order chi connectivity index (χ0) is 17.4. The second-order valence-corrected chi connectivity index (χ2v) is 8.53. The highest BCUT2D eigenvalue weighted by Gasteiger charge is 2.48. The third kappa shape index (κ3) is 3.23. The van der Waals surface area contributed by atoms with Gasteiger partial charge in [0.25, 0.3) is 0 Å². The largest absolute Gasteiger partial charge is 0.352 e. The number of amides is 1.